The van der Waals surface area contributed by atoms with Gasteiger partial charge < -0.3 is 14.1 Å². The summed E-state index contributed by atoms with van der Waals surface area (Å²) < 4.78 is 12.0. The van der Waals surface area contributed by atoms with Gasteiger partial charge in [0.1, 0.15) is 6.61 Å². The van der Waals surface area contributed by atoms with Crippen molar-refractivity contribution in [2.24, 2.45) is 0 Å². The van der Waals surface area contributed by atoms with Crippen molar-refractivity contribution in [1.82, 2.24) is 14.9 Å². The molecule has 2 aromatic heterocycles. The van der Waals surface area contributed by atoms with Gasteiger partial charge in [-0.25, -0.2) is 9.97 Å². The second-order valence-corrected chi connectivity index (χ2v) is 6.15. The second-order valence-electron chi connectivity index (χ2n) is 6.15. The lowest BCUT2D eigenvalue weighted by atomic mass is 10.2. The first-order chi connectivity index (χ1) is 12.2. The minimum Gasteiger partial charge on any atom is -0.475 e. The van der Waals surface area contributed by atoms with Gasteiger partial charge in [-0.2, -0.15) is 0 Å². The van der Waals surface area contributed by atoms with Crippen molar-refractivity contribution < 1.29 is 9.15 Å². The van der Waals surface area contributed by atoms with Crippen LogP contribution in [0, 0.1) is 0 Å². The van der Waals surface area contributed by atoms with Gasteiger partial charge >= 0.3 is 0 Å². The highest BCUT2D eigenvalue weighted by Gasteiger charge is 2.17. The largest absolute Gasteiger partial charge is 0.475 e. The van der Waals surface area contributed by atoms with Gasteiger partial charge in [0.05, 0.1) is 5.52 Å². The summed E-state index contributed by atoms with van der Waals surface area (Å²) in [6, 6.07) is 17.7. The van der Waals surface area contributed by atoms with Crippen LogP contribution >= 0.6 is 0 Å². The summed E-state index contributed by atoms with van der Waals surface area (Å²) in [6.07, 6.45) is 0. The van der Waals surface area contributed by atoms with Crippen LogP contribution in [0.5, 0.6) is 5.88 Å². The summed E-state index contributed by atoms with van der Waals surface area (Å²) in [6.45, 7) is 1.35. The average molecular weight is 333 g/mol. The topological polar surface area (TPSA) is 51.4 Å². The van der Waals surface area contributed by atoms with E-state index in [-0.39, 0.29) is 0 Å². The Hall–Kier alpha value is -2.92. The first kappa shape index (κ1) is 15.6. The molecule has 0 fully saturated rings. The molecule has 5 heteroatoms. The number of hydrogen-bond acceptors (Lipinski definition) is 5. The third-order valence-corrected chi connectivity index (χ3v) is 4.00. The lowest BCUT2D eigenvalue weighted by molar-refractivity contribution is 0.256. The van der Waals surface area contributed by atoms with Crippen LogP contribution < -0.4 is 4.74 Å². The molecule has 0 saturated heterocycles. The fourth-order valence-electron chi connectivity index (χ4n) is 2.70. The summed E-state index contributed by atoms with van der Waals surface area (Å²) in [5.41, 5.74) is 3.15. The molecule has 0 aliphatic rings. The number of aromatic nitrogens is 2. The molecule has 0 amide bonds. The summed E-state index contributed by atoms with van der Waals surface area (Å²) >= 11 is 0. The Kier molecular flexibility index (Phi) is 4.07. The fraction of sp³-hybridized carbons (Fsp3) is 0.200. The number of benzene rings is 2. The van der Waals surface area contributed by atoms with Crippen molar-refractivity contribution in [1.29, 1.82) is 0 Å². The van der Waals surface area contributed by atoms with Gasteiger partial charge in [0.2, 0.25) is 11.8 Å². The van der Waals surface area contributed by atoms with Gasteiger partial charge in [0.15, 0.2) is 11.1 Å². The van der Waals surface area contributed by atoms with Crippen molar-refractivity contribution in [3.05, 3.63) is 54.6 Å². The minimum absolute atomic E-state index is 0.515. The molecule has 2 heterocycles. The second kappa shape index (κ2) is 6.53. The molecule has 0 bridgehead atoms. The van der Waals surface area contributed by atoms with Crippen LogP contribution in [0.2, 0.25) is 0 Å². The smallest absolute Gasteiger partial charge is 0.244 e. The highest BCUT2D eigenvalue weighted by molar-refractivity contribution is 6.03. The normalized spacial score (nSPS) is 11.5. The Labute approximate surface area is 145 Å². The third-order valence-electron chi connectivity index (χ3n) is 4.00. The van der Waals surface area contributed by atoms with Gasteiger partial charge in [-0.1, -0.05) is 30.3 Å². The van der Waals surface area contributed by atoms with Crippen LogP contribution in [0.15, 0.2) is 59.0 Å². The van der Waals surface area contributed by atoms with Crippen LogP contribution in [0.25, 0.3) is 33.5 Å². The Morgan fingerprint density at radius 1 is 0.960 bits per heavy atom. The van der Waals surface area contributed by atoms with Crippen molar-refractivity contribution in [2.75, 3.05) is 27.2 Å². The van der Waals surface area contributed by atoms with Crippen molar-refractivity contribution in [3.8, 4) is 17.3 Å². The maximum absolute atomic E-state index is 6.09. The molecule has 4 aromatic rings. The van der Waals surface area contributed by atoms with E-state index in [0.29, 0.717) is 29.5 Å². The van der Waals surface area contributed by atoms with E-state index in [9.17, 15) is 0 Å². The summed E-state index contributed by atoms with van der Waals surface area (Å²) in [5, 5.41) is 0.937. The fourth-order valence-corrected chi connectivity index (χ4v) is 2.70. The number of pyridine rings is 1. The molecule has 0 aliphatic heterocycles. The molecule has 126 valence electrons. The van der Waals surface area contributed by atoms with E-state index < -0.39 is 0 Å². The number of ether oxygens (including phenoxy) is 1. The molecule has 2 aromatic carbocycles. The number of nitrogens with zero attached hydrogens (tertiary/aromatic N) is 3. The standard InChI is InChI=1S/C20H19N3O2/c1-23(2)12-13-24-20-17-18(15-10-6-7-11-16(15)21-20)25-19(22-17)14-8-4-3-5-9-14/h3-11H,12-13H2,1-2H3. The van der Waals surface area contributed by atoms with Gasteiger partial charge in [-0.15, -0.1) is 0 Å². The molecule has 0 atom stereocenters. The molecule has 5 nitrogen and oxygen atoms in total. The molecule has 4 rings (SSSR count). The molecule has 0 radical (unpaired) electrons. The number of hydrogen-bond donors (Lipinski definition) is 0. The van der Waals surface area contributed by atoms with E-state index in [4.69, 9.17) is 9.15 Å². The quantitative estimate of drug-likeness (QED) is 0.553. The first-order valence-corrected chi connectivity index (χ1v) is 8.24. The van der Waals surface area contributed by atoms with Gasteiger partial charge in [0, 0.05) is 17.5 Å². The van der Waals surface area contributed by atoms with Crippen LogP contribution in [0.4, 0.5) is 0 Å². The van der Waals surface area contributed by atoms with Crippen LogP contribution in [0.1, 0.15) is 0 Å². The van der Waals surface area contributed by atoms with E-state index in [0.717, 1.165) is 23.0 Å². The zero-order chi connectivity index (χ0) is 17.2. The Balaban J connectivity index is 1.86. The van der Waals surface area contributed by atoms with Crippen LogP contribution in [0.3, 0.4) is 0 Å². The Bertz CT molecular complexity index is 1010. The molecular weight excluding hydrogens is 314 g/mol. The highest BCUT2D eigenvalue weighted by atomic mass is 16.5. The zero-order valence-corrected chi connectivity index (χ0v) is 14.3. The molecule has 0 unspecified atom stereocenters. The Morgan fingerprint density at radius 3 is 2.52 bits per heavy atom. The minimum atomic E-state index is 0.515. The van der Waals surface area contributed by atoms with E-state index in [1.54, 1.807) is 0 Å². The van der Waals surface area contributed by atoms with Gasteiger partial charge in [-0.05, 0) is 38.4 Å². The maximum atomic E-state index is 6.09. The average Bonchev–Trinajstić information content (AvgIpc) is 3.08. The first-order valence-electron chi connectivity index (χ1n) is 8.24. The number of rotatable bonds is 5. The molecule has 0 aliphatic carbocycles. The molecule has 0 spiro atoms. The number of likely N-dealkylation sites (N-methyl/N-ethyl adjacent to an activating group) is 1. The monoisotopic (exact) mass is 333 g/mol. The molecular formula is C20H19N3O2. The molecule has 25 heavy (non-hydrogen) atoms. The number of fused-ring (bicyclic) bond motifs is 3. The SMILES string of the molecule is CN(C)CCOc1nc2ccccc2c2oc(-c3ccccc3)nc12. The predicted octanol–water partition coefficient (Wildman–Crippen LogP) is 3.98. The number of para-hydroxylation sites is 1. The maximum Gasteiger partial charge on any atom is 0.244 e. The summed E-state index contributed by atoms with van der Waals surface area (Å²) in [5.74, 6) is 1.09. The van der Waals surface area contributed by atoms with E-state index in [1.807, 2.05) is 68.7 Å². The zero-order valence-electron chi connectivity index (χ0n) is 14.3. The summed E-state index contributed by atoms with van der Waals surface area (Å²) in [4.78, 5) is 11.4. The van der Waals surface area contributed by atoms with Crippen LogP contribution in [-0.4, -0.2) is 42.1 Å². The van der Waals surface area contributed by atoms with Crippen LogP contribution in [-0.2, 0) is 0 Å². The third kappa shape index (κ3) is 3.06. The summed E-state index contributed by atoms with van der Waals surface area (Å²) in [7, 11) is 4.02. The Morgan fingerprint density at radius 2 is 1.72 bits per heavy atom. The highest BCUT2D eigenvalue weighted by Crippen LogP contribution is 2.34. The van der Waals surface area contributed by atoms with Gasteiger partial charge in [-0.3, -0.25) is 0 Å². The lowest BCUT2D eigenvalue weighted by Gasteiger charge is -2.11. The van der Waals surface area contributed by atoms with E-state index in [1.165, 1.54) is 0 Å². The number of oxazole rings is 1. The van der Waals surface area contributed by atoms with E-state index >= 15 is 0 Å². The van der Waals surface area contributed by atoms with Crippen molar-refractivity contribution >= 4 is 22.0 Å². The molecule has 0 saturated carbocycles. The predicted molar refractivity (Wildman–Crippen MR) is 98.8 cm³/mol. The van der Waals surface area contributed by atoms with E-state index in [2.05, 4.69) is 14.9 Å². The van der Waals surface area contributed by atoms with Gasteiger partial charge in [0.25, 0.3) is 0 Å². The lowest BCUT2D eigenvalue weighted by Crippen LogP contribution is -2.19. The molecule has 0 N–H and O–H groups in total. The van der Waals surface area contributed by atoms with Crippen molar-refractivity contribution in [2.45, 2.75) is 0 Å². The van der Waals surface area contributed by atoms with Crippen molar-refractivity contribution in [3.63, 3.8) is 0 Å².